The van der Waals surface area contributed by atoms with E-state index in [0.717, 1.165) is 25.1 Å². The molecular weight excluding hydrogens is 304 g/mol. The van der Waals surface area contributed by atoms with Crippen LogP contribution >= 0.6 is 0 Å². The van der Waals surface area contributed by atoms with Gasteiger partial charge in [0.1, 0.15) is 5.69 Å². The summed E-state index contributed by atoms with van der Waals surface area (Å²) in [4.78, 5) is 30.1. The molecule has 3 rings (SSSR count). The van der Waals surface area contributed by atoms with Crippen LogP contribution in [0.4, 0.5) is 5.69 Å². The number of benzene rings is 1. The molecule has 1 saturated heterocycles. The summed E-state index contributed by atoms with van der Waals surface area (Å²) in [6.45, 7) is 1.48. The number of amides is 2. The normalized spacial score (nSPS) is 17.3. The molecule has 1 aliphatic heterocycles. The van der Waals surface area contributed by atoms with Crippen molar-refractivity contribution in [3.05, 3.63) is 59.9 Å². The summed E-state index contributed by atoms with van der Waals surface area (Å²) in [5.41, 5.74) is 7.21. The van der Waals surface area contributed by atoms with Crippen LogP contribution in [0.5, 0.6) is 0 Å². The quantitative estimate of drug-likeness (QED) is 0.894. The second-order valence-electron chi connectivity index (χ2n) is 5.86. The highest BCUT2D eigenvalue weighted by molar-refractivity contribution is 5.98. The van der Waals surface area contributed by atoms with Crippen molar-refractivity contribution in [3.8, 4) is 0 Å². The third-order valence-electron chi connectivity index (χ3n) is 4.16. The number of nitrogens with zero attached hydrogens (tertiary/aromatic N) is 2. The molecule has 1 atom stereocenters. The van der Waals surface area contributed by atoms with Crippen molar-refractivity contribution in [1.82, 2.24) is 10.3 Å². The molecule has 2 heterocycles. The summed E-state index contributed by atoms with van der Waals surface area (Å²) >= 11 is 0. The number of aromatic nitrogens is 1. The highest BCUT2D eigenvalue weighted by atomic mass is 16.2. The summed E-state index contributed by atoms with van der Waals surface area (Å²) in [5.74, 6) is -0.615. The fraction of sp³-hybridized carbons (Fsp3) is 0.278. The zero-order valence-electron chi connectivity index (χ0n) is 13.3. The Morgan fingerprint density at radius 3 is 2.71 bits per heavy atom. The summed E-state index contributed by atoms with van der Waals surface area (Å²) in [6.07, 6.45) is 3.43. The molecule has 0 saturated carbocycles. The molecule has 3 N–H and O–H groups in total. The molecule has 6 heteroatoms. The largest absolute Gasteiger partial charge is 0.369 e. The van der Waals surface area contributed by atoms with E-state index in [4.69, 9.17) is 5.73 Å². The van der Waals surface area contributed by atoms with Crippen LogP contribution in [0, 0.1) is 0 Å². The number of carbonyl (C=O) groups is 2. The molecule has 0 bridgehead atoms. The Balaban J connectivity index is 1.71. The third-order valence-corrected chi connectivity index (χ3v) is 4.16. The molecule has 6 nitrogen and oxygen atoms in total. The van der Waals surface area contributed by atoms with E-state index in [0.29, 0.717) is 17.8 Å². The number of nitrogens with two attached hydrogens (primary N) is 1. The van der Waals surface area contributed by atoms with Gasteiger partial charge in [0, 0.05) is 31.0 Å². The number of pyridine rings is 1. The van der Waals surface area contributed by atoms with E-state index in [1.807, 2.05) is 12.1 Å². The number of hydrogen-bond donors (Lipinski definition) is 2. The molecule has 1 aromatic carbocycles. The van der Waals surface area contributed by atoms with Crippen LogP contribution in [0.2, 0.25) is 0 Å². The lowest BCUT2D eigenvalue weighted by molar-refractivity contribution is 0.0926. The Labute approximate surface area is 140 Å². The second-order valence-corrected chi connectivity index (χ2v) is 5.86. The molecule has 1 aromatic heterocycles. The number of para-hydroxylation sites is 1. The van der Waals surface area contributed by atoms with Crippen LogP contribution in [0.3, 0.4) is 0 Å². The maximum absolute atomic E-state index is 12.3. The standard InChI is InChI=1S/C18H20N4O2/c19-17(23)14-7-1-2-9-16(14)22-11-5-6-13(12-22)21-18(24)15-8-3-4-10-20-15/h1-4,7-10,13H,5-6,11-12H2,(H2,19,23)(H,21,24). The first-order valence-corrected chi connectivity index (χ1v) is 8.01. The van der Waals surface area contributed by atoms with Gasteiger partial charge in [-0.05, 0) is 37.1 Å². The average molecular weight is 324 g/mol. The number of rotatable bonds is 4. The summed E-state index contributed by atoms with van der Waals surface area (Å²) in [6, 6.07) is 12.6. The third kappa shape index (κ3) is 3.53. The number of nitrogens with one attached hydrogen (secondary N) is 1. The monoisotopic (exact) mass is 324 g/mol. The van der Waals surface area contributed by atoms with E-state index in [1.54, 1.807) is 36.5 Å². The first-order valence-electron chi connectivity index (χ1n) is 8.01. The van der Waals surface area contributed by atoms with Crippen molar-refractivity contribution < 1.29 is 9.59 Å². The summed E-state index contributed by atoms with van der Waals surface area (Å²) < 4.78 is 0. The molecule has 2 amide bonds. The fourth-order valence-corrected chi connectivity index (χ4v) is 3.03. The predicted molar refractivity (Wildman–Crippen MR) is 91.9 cm³/mol. The molecule has 124 valence electrons. The van der Waals surface area contributed by atoms with Gasteiger partial charge in [0.25, 0.3) is 11.8 Å². The Bertz CT molecular complexity index is 733. The van der Waals surface area contributed by atoms with Gasteiger partial charge in [-0.1, -0.05) is 18.2 Å². The van der Waals surface area contributed by atoms with Crippen molar-refractivity contribution in [1.29, 1.82) is 0 Å². The minimum atomic E-state index is -0.440. The highest BCUT2D eigenvalue weighted by Crippen LogP contribution is 2.24. The summed E-state index contributed by atoms with van der Waals surface area (Å²) in [7, 11) is 0. The Morgan fingerprint density at radius 1 is 1.17 bits per heavy atom. The number of hydrogen-bond acceptors (Lipinski definition) is 4. The molecule has 2 aromatic rings. The first-order chi connectivity index (χ1) is 11.6. The number of primary amides is 1. The lowest BCUT2D eigenvalue weighted by atomic mass is 10.0. The minimum Gasteiger partial charge on any atom is -0.369 e. The highest BCUT2D eigenvalue weighted by Gasteiger charge is 2.24. The lowest BCUT2D eigenvalue weighted by Gasteiger charge is -2.35. The predicted octanol–water partition coefficient (Wildman–Crippen LogP) is 1.58. The van der Waals surface area contributed by atoms with E-state index in [1.165, 1.54) is 0 Å². The van der Waals surface area contributed by atoms with Crippen LogP contribution in [-0.2, 0) is 0 Å². The Kier molecular flexibility index (Phi) is 4.74. The van der Waals surface area contributed by atoms with Gasteiger partial charge in [-0.2, -0.15) is 0 Å². The molecule has 24 heavy (non-hydrogen) atoms. The van der Waals surface area contributed by atoms with Gasteiger partial charge < -0.3 is 16.0 Å². The number of piperidine rings is 1. The van der Waals surface area contributed by atoms with Gasteiger partial charge in [-0.15, -0.1) is 0 Å². The molecular formula is C18H20N4O2. The molecule has 0 spiro atoms. The minimum absolute atomic E-state index is 0.00851. The van der Waals surface area contributed by atoms with Gasteiger partial charge in [-0.3, -0.25) is 14.6 Å². The number of carbonyl (C=O) groups excluding carboxylic acids is 2. The van der Waals surface area contributed by atoms with Gasteiger partial charge in [-0.25, -0.2) is 0 Å². The lowest BCUT2D eigenvalue weighted by Crippen LogP contribution is -2.48. The maximum atomic E-state index is 12.3. The topological polar surface area (TPSA) is 88.3 Å². The fourth-order valence-electron chi connectivity index (χ4n) is 3.03. The van der Waals surface area contributed by atoms with Crippen molar-refractivity contribution in [3.63, 3.8) is 0 Å². The van der Waals surface area contributed by atoms with Gasteiger partial charge in [0.15, 0.2) is 0 Å². The SMILES string of the molecule is NC(=O)c1ccccc1N1CCCC(NC(=O)c2ccccn2)C1. The average Bonchev–Trinajstić information content (AvgIpc) is 2.62. The van der Waals surface area contributed by atoms with E-state index < -0.39 is 5.91 Å². The Hall–Kier alpha value is -2.89. The van der Waals surface area contributed by atoms with Crippen molar-refractivity contribution in [2.75, 3.05) is 18.0 Å². The van der Waals surface area contributed by atoms with Gasteiger partial charge in [0.2, 0.25) is 0 Å². The Morgan fingerprint density at radius 2 is 1.96 bits per heavy atom. The van der Waals surface area contributed by atoms with Crippen LogP contribution in [-0.4, -0.2) is 35.9 Å². The second kappa shape index (κ2) is 7.12. The zero-order chi connectivity index (χ0) is 16.9. The van der Waals surface area contributed by atoms with Crippen LogP contribution < -0.4 is 16.0 Å². The van der Waals surface area contributed by atoms with E-state index in [9.17, 15) is 9.59 Å². The molecule has 0 aliphatic carbocycles. The van der Waals surface area contributed by atoms with Gasteiger partial charge in [0.05, 0.1) is 5.56 Å². The smallest absolute Gasteiger partial charge is 0.270 e. The van der Waals surface area contributed by atoms with Crippen LogP contribution in [0.25, 0.3) is 0 Å². The molecule has 1 unspecified atom stereocenters. The maximum Gasteiger partial charge on any atom is 0.270 e. The molecule has 1 aliphatic rings. The van der Waals surface area contributed by atoms with Crippen molar-refractivity contribution in [2.24, 2.45) is 5.73 Å². The first kappa shape index (κ1) is 16.0. The van der Waals surface area contributed by atoms with Crippen LogP contribution in [0.15, 0.2) is 48.7 Å². The van der Waals surface area contributed by atoms with Crippen molar-refractivity contribution in [2.45, 2.75) is 18.9 Å². The van der Waals surface area contributed by atoms with E-state index in [2.05, 4.69) is 15.2 Å². The zero-order valence-corrected chi connectivity index (χ0v) is 13.3. The van der Waals surface area contributed by atoms with E-state index >= 15 is 0 Å². The molecule has 0 radical (unpaired) electrons. The summed E-state index contributed by atoms with van der Waals surface area (Å²) in [5, 5.41) is 3.02. The van der Waals surface area contributed by atoms with Gasteiger partial charge >= 0.3 is 0 Å². The van der Waals surface area contributed by atoms with Crippen LogP contribution in [0.1, 0.15) is 33.7 Å². The molecule has 1 fully saturated rings. The van der Waals surface area contributed by atoms with E-state index in [-0.39, 0.29) is 11.9 Å². The number of anilines is 1. The van der Waals surface area contributed by atoms with Crippen molar-refractivity contribution >= 4 is 17.5 Å².